The topological polar surface area (TPSA) is 79.5 Å². The highest BCUT2D eigenvalue weighted by Crippen LogP contribution is 2.07. The van der Waals surface area contributed by atoms with E-state index in [1.807, 2.05) is 0 Å². The number of rotatable bonds is 3. The molecule has 1 aromatic heterocycles. The Hall–Kier alpha value is -1.95. The molecule has 0 radical (unpaired) electrons. The highest BCUT2D eigenvalue weighted by atomic mass is 16.2. The normalized spacial score (nSPS) is 16.4. The van der Waals surface area contributed by atoms with Crippen molar-refractivity contribution in [2.75, 3.05) is 32.7 Å². The summed E-state index contributed by atoms with van der Waals surface area (Å²) in [5.41, 5.74) is 5.80. The summed E-state index contributed by atoms with van der Waals surface area (Å²) < 4.78 is 0. The van der Waals surface area contributed by atoms with Crippen molar-refractivity contribution in [1.29, 1.82) is 0 Å². The summed E-state index contributed by atoms with van der Waals surface area (Å²) in [7, 11) is 0. The monoisotopic (exact) mass is 262 g/mol. The van der Waals surface area contributed by atoms with E-state index in [2.05, 4.69) is 16.8 Å². The molecule has 6 heteroatoms. The SMILES string of the molecule is CCN1CCN(C(=O)c2ccc(C(N)=O)cn2)CC1. The molecule has 0 unspecified atom stereocenters. The molecule has 0 spiro atoms. The van der Waals surface area contributed by atoms with Crippen molar-refractivity contribution in [3.63, 3.8) is 0 Å². The lowest BCUT2D eigenvalue weighted by Gasteiger charge is -2.33. The van der Waals surface area contributed by atoms with Crippen molar-refractivity contribution in [3.05, 3.63) is 29.6 Å². The van der Waals surface area contributed by atoms with E-state index in [9.17, 15) is 9.59 Å². The second kappa shape index (κ2) is 5.79. The molecule has 2 heterocycles. The van der Waals surface area contributed by atoms with E-state index in [0.29, 0.717) is 24.3 Å². The van der Waals surface area contributed by atoms with Crippen LogP contribution >= 0.6 is 0 Å². The number of likely N-dealkylation sites (N-methyl/N-ethyl adjacent to an activating group) is 1. The summed E-state index contributed by atoms with van der Waals surface area (Å²) >= 11 is 0. The molecule has 1 aliphatic heterocycles. The summed E-state index contributed by atoms with van der Waals surface area (Å²) in [4.78, 5) is 31.2. The molecule has 1 saturated heterocycles. The minimum Gasteiger partial charge on any atom is -0.366 e. The molecule has 2 amide bonds. The van der Waals surface area contributed by atoms with Gasteiger partial charge in [0.05, 0.1) is 5.56 Å². The van der Waals surface area contributed by atoms with Gasteiger partial charge in [0.1, 0.15) is 5.69 Å². The van der Waals surface area contributed by atoms with Gasteiger partial charge in [-0.25, -0.2) is 0 Å². The van der Waals surface area contributed by atoms with Gasteiger partial charge in [-0.3, -0.25) is 14.6 Å². The third kappa shape index (κ3) is 3.08. The third-order valence-corrected chi connectivity index (χ3v) is 3.37. The van der Waals surface area contributed by atoms with Gasteiger partial charge in [-0.05, 0) is 18.7 Å². The highest BCUT2D eigenvalue weighted by molar-refractivity contribution is 5.95. The Bertz CT molecular complexity index is 464. The molecule has 0 bridgehead atoms. The average molecular weight is 262 g/mol. The summed E-state index contributed by atoms with van der Waals surface area (Å²) in [6.45, 7) is 6.33. The lowest BCUT2D eigenvalue weighted by molar-refractivity contribution is 0.0637. The summed E-state index contributed by atoms with van der Waals surface area (Å²) in [6.07, 6.45) is 1.35. The number of primary amides is 1. The van der Waals surface area contributed by atoms with Crippen LogP contribution in [0.5, 0.6) is 0 Å². The Morgan fingerprint density at radius 3 is 2.42 bits per heavy atom. The van der Waals surface area contributed by atoms with Gasteiger partial charge in [0.2, 0.25) is 5.91 Å². The van der Waals surface area contributed by atoms with E-state index in [0.717, 1.165) is 19.6 Å². The van der Waals surface area contributed by atoms with Crippen molar-refractivity contribution >= 4 is 11.8 Å². The molecule has 0 atom stereocenters. The molecule has 1 aliphatic rings. The summed E-state index contributed by atoms with van der Waals surface area (Å²) in [5, 5.41) is 0. The summed E-state index contributed by atoms with van der Waals surface area (Å²) in [6, 6.07) is 3.08. The molecular weight excluding hydrogens is 244 g/mol. The lowest BCUT2D eigenvalue weighted by Crippen LogP contribution is -2.48. The van der Waals surface area contributed by atoms with Crippen LogP contribution < -0.4 is 5.73 Å². The Morgan fingerprint density at radius 2 is 1.95 bits per heavy atom. The predicted octanol–water partition coefficient (Wildman–Crippen LogP) is -0.0418. The first-order valence-electron chi connectivity index (χ1n) is 6.39. The maximum absolute atomic E-state index is 12.2. The first-order chi connectivity index (χ1) is 9.11. The van der Waals surface area contributed by atoms with Gasteiger partial charge in [0, 0.05) is 32.4 Å². The second-order valence-corrected chi connectivity index (χ2v) is 4.52. The van der Waals surface area contributed by atoms with E-state index >= 15 is 0 Å². The minimum atomic E-state index is -0.539. The second-order valence-electron chi connectivity index (χ2n) is 4.52. The first kappa shape index (κ1) is 13.5. The van der Waals surface area contributed by atoms with Crippen molar-refractivity contribution in [1.82, 2.24) is 14.8 Å². The smallest absolute Gasteiger partial charge is 0.272 e. The van der Waals surface area contributed by atoms with Crippen LogP contribution in [-0.4, -0.2) is 59.3 Å². The van der Waals surface area contributed by atoms with Crippen LogP contribution in [0.25, 0.3) is 0 Å². The largest absolute Gasteiger partial charge is 0.366 e. The summed E-state index contributed by atoms with van der Waals surface area (Å²) in [5.74, 6) is -0.630. The molecule has 1 aromatic rings. The number of hydrogen-bond acceptors (Lipinski definition) is 4. The zero-order chi connectivity index (χ0) is 13.8. The van der Waals surface area contributed by atoms with E-state index < -0.39 is 5.91 Å². The van der Waals surface area contributed by atoms with Gasteiger partial charge in [-0.1, -0.05) is 6.92 Å². The fraction of sp³-hybridized carbons (Fsp3) is 0.462. The van der Waals surface area contributed by atoms with E-state index in [1.54, 1.807) is 11.0 Å². The number of amides is 2. The Balaban J connectivity index is 2.02. The predicted molar refractivity (Wildman–Crippen MR) is 70.8 cm³/mol. The minimum absolute atomic E-state index is 0.0910. The molecule has 6 nitrogen and oxygen atoms in total. The van der Waals surface area contributed by atoms with Gasteiger partial charge >= 0.3 is 0 Å². The van der Waals surface area contributed by atoms with Gasteiger partial charge in [0.15, 0.2) is 0 Å². The Kier molecular flexibility index (Phi) is 4.11. The van der Waals surface area contributed by atoms with Crippen LogP contribution in [0.2, 0.25) is 0 Å². The molecule has 0 aromatic carbocycles. The van der Waals surface area contributed by atoms with Crippen LogP contribution in [0.4, 0.5) is 0 Å². The highest BCUT2D eigenvalue weighted by Gasteiger charge is 2.22. The zero-order valence-electron chi connectivity index (χ0n) is 11.0. The van der Waals surface area contributed by atoms with Crippen molar-refractivity contribution in [2.45, 2.75) is 6.92 Å². The Labute approximate surface area is 112 Å². The Morgan fingerprint density at radius 1 is 1.26 bits per heavy atom. The number of nitrogens with zero attached hydrogens (tertiary/aromatic N) is 3. The number of hydrogen-bond donors (Lipinski definition) is 1. The number of carbonyl (C=O) groups is 2. The standard InChI is InChI=1S/C13H18N4O2/c1-2-16-5-7-17(8-6-16)13(19)11-4-3-10(9-15-11)12(14)18/h3-4,9H,2,5-8H2,1H3,(H2,14,18). The van der Waals surface area contributed by atoms with Crippen LogP contribution in [0.15, 0.2) is 18.3 Å². The molecule has 0 saturated carbocycles. The van der Waals surface area contributed by atoms with Crippen LogP contribution in [0.1, 0.15) is 27.8 Å². The third-order valence-electron chi connectivity index (χ3n) is 3.37. The lowest BCUT2D eigenvalue weighted by atomic mass is 10.2. The maximum Gasteiger partial charge on any atom is 0.272 e. The molecule has 102 valence electrons. The van der Waals surface area contributed by atoms with Crippen molar-refractivity contribution < 1.29 is 9.59 Å². The average Bonchev–Trinajstić information content (AvgIpc) is 2.46. The molecule has 19 heavy (non-hydrogen) atoms. The van der Waals surface area contributed by atoms with Crippen molar-refractivity contribution in [2.24, 2.45) is 5.73 Å². The number of aromatic nitrogens is 1. The van der Waals surface area contributed by atoms with Gasteiger partial charge < -0.3 is 15.5 Å². The van der Waals surface area contributed by atoms with Crippen LogP contribution in [-0.2, 0) is 0 Å². The molecule has 1 fully saturated rings. The molecule has 2 N–H and O–H groups in total. The zero-order valence-corrected chi connectivity index (χ0v) is 11.0. The van der Waals surface area contributed by atoms with Gasteiger partial charge in [-0.2, -0.15) is 0 Å². The van der Waals surface area contributed by atoms with Crippen LogP contribution in [0, 0.1) is 0 Å². The maximum atomic E-state index is 12.2. The molecule has 2 rings (SSSR count). The fourth-order valence-electron chi connectivity index (χ4n) is 2.10. The quantitative estimate of drug-likeness (QED) is 0.829. The number of pyridine rings is 1. The first-order valence-corrected chi connectivity index (χ1v) is 6.39. The van der Waals surface area contributed by atoms with E-state index in [4.69, 9.17) is 5.73 Å². The molecular formula is C13H18N4O2. The number of nitrogens with two attached hydrogens (primary N) is 1. The van der Waals surface area contributed by atoms with E-state index in [1.165, 1.54) is 12.3 Å². The fourth-order valence-corrected chi connectivity index (χ4v) is 2.10. The van der Waals surface area contributed by atoms with Crippen LogP contribution in [0.3, 0.4) is 0 Å². The van der Waals surface area contributed by atoms with E-state index in [-0.39, 0.29) is 5.91 Å². The number of carbonyl (C=O) groups excluding carboxylic acids is 2. The van der Waals surface area contributed by atoms with Crippen molar-refractivity contribution in [3.8, 4) is 0 Å². The van der Waals surface area contributed by atoms with Gasteiger partial charge in [-0.15, -0.1) is 0 Å². The van der Waals surface area contributed by atoms with Gasteiger partial charge in [0.25, 0.3) is 5.91 Å². The number of piperazine rings is 1. The molecule has 0 aliphatic carbocycles.